The lowest BCUT2D eigenvalue weighted by molar-refractivity contribution is -0.112. The van der Waals surface area contributed by atoms with Crippen molar-refractivity contribution in [1.82, 2.24) is 0 Å². The topological polar surface area (TPSA) is 76.7 Å². The van der Waals surface area contributed by atoms with Gasteiger partial charge >= 0.3 is 0 Å². The summed E-state index contributed by atoms with van der Waals surface area (Å²) < 4.78 is 10.3. The van der Waals surface area contributed by atoms with Crippen LogP contribution < -0.4 is 20.1 Å². The zero-order valence-electron chi connectivity index (χ0n) is 21.9. The van der Waals surface area contributed by atoms with E-state index in [1.54, 1.807) is 26.4 Å². The van der Waals surface area contributed by atoms with Gasteiger partial charge < -0.3 is 20.1 Å². The van der Waals surface area contributed by atoms with E-state index in [0.717, 1.165) is 51.5 Å². The van der Waals surface area contributed by atoms with Crippen LogP contribution in [0, 0.1) is 0 Å². The first-order valence-corrected chi connectivity index (χ1v) is 12.4. The Labute approximate surface area is 228 Å². The van der Waals surface area contributed by atoms with Crippen molar-refractivity contribution in [1.29, 1.82) is 0 Å². The number of carbonyl (C=O) groups is 2. The summed E-state index contributed by atoms with van der Waals surface area (Å²) in [5, 5.41) is 5.75. The predicted octanol–water partition coefficient (Wildman–Crippen LogP) is 6.60. The molecule has 0 aromatic heterocycles. The molecule has 2 amide bonds. The molecule has 0 aliphatic rings. The van der Waals surface area contributed by atoms with E-state index in [1.165, 1.54) is 12.2 Å². The van der Waals surface area contributed by atoms with E-state index in [-0.39, 0.29) is 11.8 Å². The minimum absolute atomic E-state index is 0.199. The third-order valence-electron chi connectivity index (χ3n) is 5.94. The molecule has 6 nitrogen and oxygen atoms in total. The first-order valence-electron chi connectivity index (χ1n) is 12.4. The van der Waals surface area contributed by atoms with Gasteiger partial charge in [0.2, 0.25) is 11.8 Å². The first-order chi connectivity index (χ1) is 19.0. The molecule has 0 saturated heterocycles. The van der Waals surface area contributed by atoms with Crippen LogP contribution in [-0.2, 0) is 16.0 Å². The molecule has 4 aromatic carbocycles. The monoisotopic (exact) mass is 518 g/mol. The standard InChI is InChI=1S/C33H30N2O4/c1-38-30-17-7-24(8-18-30)11-21-32(36)34-28-13-3-26(4-14-28)23-27-5-15-29(16-6-27)35-33(37)22-12-25-9-19-31(39-2)20-10-25/h3-22H,23H2,1-2H3,(H,34,36)(H,35,37). The van der Waals surface area contributed by atoms with Crippen molar-refractivity contribution in [3.63, 3.8) is 0 Å². The van der Waals surface area contributed by atoms with Gasteiger partial charge in [0.1, 0.15) is 11.5 Å². The van der Waals surface area contributed by atoms with Crippen LogP contribution in [0.25, 0.3) is 12.2 Å². The van der Waals surface area contributed by atoms with Gasteiger partial charge in [-0.15, -0.1) is 0 Å². The Balaban J connectivity index is 1.25. The lowest BCUT2D eigenvalue weighted by Crippen LogP contribution is -2.08. The van der Waals surface area contributed by atoms with Crippen molar-refractivity contribution in [2.75, 3.05) is 24.9 Å². The lowest BCUT2D eigenvalue weighted by atomic mass is 10.0. The van der Waals surface area contributed by atoms with E-state index in [1.807, 2.05) is 97.1 Å². The van der Waals surface area contributed by atoms with Crippen LogP contribution >= 0.6 is 0 Å². The van der Waals surface area contributed by atoms with Gasteiger partial charge in [0.05, 0.1) is 14.2 Å². The van der Waals surface area contributed by atoms with Crippen molar-refractivity contribution in [3.8, 4) is 11.5 Å². The Morgan fingerprint density at radius 3 is 1.26 bits per heavy atom. The van der Waals surface area contributed by atoms with Crippen LogP contribution in [0.2, 0.25) is 0 Å². The number of benzene rings is 4. The molecular formula is C33H30N2O4. The zero-order chi connectivity index (χ0) is 27.5. The fourth-order valence-electron chi connectivity index (χ4n) is 3.79. The van der Waals surface area contributed by atoms with E-state index in [0.29, 0.717) is 0 Å². The highest BCUT2D eigenvalue weighted by Gasteiger charge is 2.03. The summed E-state index contributed by atoms with van der Waals surface area (Å²) in [5.41, 5.74) is 5.50. The Hall–Kier alpha value is -5.10. The molecule has 0 saturated carbocycles. The molecule has 0 heterocycles. The highest BCUT2D eigenvalue weighted by molar-refractivity contribution is 6.02. The molecule has 0 atom stereocenters. The number of anilines is 2. The number of methoxy groups -OCH3 is 2. The Kier molecular flexibility index (Phi) is 9.29. The summed E-state index contributed by atoms with van der Waals surface area (Å²) >= 11 is 0. The molecule has 6 heteroatoms. The Bertz CT molecular complexity index is 1330. The van der Waals surface area contributed by atoms with Crippen LogP contribution in [0.1, 0.15) is 22.3 Å². The van der Waals surface area contributed by atoms with Crippen LogP contribution in [0.15, 0.2) is 109 Å². The number of nitrogens with one attached hydrogen (secondary N) is 2. The average Bonchev–Trinajstić information content (AvgIpc) is 2.97. The summed E-state index contributed by atoms with van der Waals surface area (Å²) in [6, 6.07) is 30.5. The van der Waals surface area contributed by atoms with Gasteiger partial charge in [-0.1, -0.05) is 48.5 Å². The molecule has 0 fully saturated rings. The Morgan fingerprint density at radius 1 is 0.564 bits per heavy atom. The number of rotatable bonds is 10. The summed E-state index contributed by atoms with van der Waals surface area (Å²) in [7, 11) is 3.24. The van der Waals surface area contributed by atoms with E-state index in [2.05, 4.69) is 10.6 Å². The van der Waals surface area contributed by atoms with Crippen molar-refractivity contribution >= 4 is 35.3 Å². The van der Waals surface area contributed by atoms with Crippen LogP contribution in [0.5, 0.6) is 11.5 Å². The van der Waals surface area contributed by atoms with Gasteiger partial charge in [0.25, 0.3) is 0 Å². The number of amides is 2. The molecule has 2 N–H and O–H groups in total. The minimum Gasteiger partial charge on any atom is -0.497 e. The third-order valence-corrected chi connectivity index (χ3v) is 5.94. The molecule has 0 unspecified atom stereocenters. The molecule has 4 rings (SSSR count). The average molecular weight is 519 g/mol. The highest BCUT2D eigenvalue weighted by Crippen LogP contribution is 2.17. The molecule has 0 bridgehead atoms. The van der Waals surface area contributed by atoms with Crippen LogP contribution in [0.3, 0.4) is 0 Å². The van der Waals surface area contributed by atoms with Crippen LogP contribution in [-0.4, -0.2) is 26.0 Å². The zero-order valence-corrected chi connectivity index (χ0v) is 21.9. The molecule has 4 aromatic rings. The van der Waals surface area contributed by atoms with Gasteiger partial charge in [0.15, 0.2) is 0 Å². The summed E-state index contributed by atoms with van der Waals surface area (Å²) in [6.45, 7) is 0. The molecular weight excluding hydrogens is 488 g/mol. The fraction of sp³-hybridized carbons (Fsp3) is 0.0909. The van der Waals surface area contributed by atoms with Crippen molar-refractivity contribution in [2.24, 2.45) is 0 Å². The van der Waals surface area contributed by atoms with Crippen molar-refractivity contribution < 1.29 is 19.1 Å². The normalized spacial score (nSPS) is 10.9. The predicted molar refractivity (Wildman–Crippen MR) is 157 cm³/mol. The summed E-state index contributed by atoms with van der Waals surface area (Å²) in [4.78, 5) is 24.5. The van der Waals surface area contributed by atoms with Gasteiger partial charge in [-0.25, -0.2) is 0 Å². The number of ether oxygens (including phenoxy) is 2. The smallest absolute Gasteiger partial charge is 0.248 e. The van der Waals surface area contributed by atoms with Gasteiger partial charge in [-0.2, -0.15) is 0 Å². The molecule has 39 heavy (non-hydrogen) atoms. The van der Waals surface area contributed by atoms with Crippen LogP contribution in [0.4, 0.5) is 11.4 Å². The second-order valence-corrected chi connectivity index (χ2v) is 8.76. The van der Waals surface area contributed by atoms with E-state index in [9.17, 15) is 9.59 Å². The molecule has 0 aliphatic carbocycles. The first kappa shape index (κ1) is 26.9. The molecule has 0 aliphatic heterocycles. The van der Waals surface area contributed by atoms with Gasteiger partial charge in [0, 0.05) is 23.5 Å². The molecule has 0 spiro atoms. The SMILES string of the molecule is COc1ccc(C=CC(=O)Nc2ccc(Cc3ccc(NC(=O)C=Cc4ccc(OC)cc4)cc3)cc2)cc1. The lowest BCUT2D eigenvalue weighted by Gasteiger charge is -2.07. The maximum absolute atomic E-state index is 12.3. The highest BCUT2D eigenvalue weighted by atomic mass is 16.5. The van der Waals surface area contributed by atoms with Gasteiger partial charge in [-0.3, -0.25) is 9.59 Å². The largest absolute Gasteiger partial charge is 0.497 e. The van der Waals surface area contributed by atoms with E-state index < -0.39 is 0 Å². The van der Waals surface area contributed by atoms with Crippen molar-refractivity contribution in [2.45, 2.75) is 6.42 Å². The van der Waals surface area contributed by atoms with E-state index in [4.69, 9.17) is 9.47 Å². The van der Waals surface area contributed by atoms with E-state index >= 15 is 0 Å². The minimum atomic E-state index is -0.199. The second-order valence-electron chi connectivity index (χ2n) is 8.76. The number of hydrogen-bond acceptors (Lipinski definition) is 4. The molecule has 196 valence electrons. The van der Waals surface area contributed by atoms with Gasteiger partial charge in [-0.05, 0) is 89.4 Å². The summed E-state index contributed by atoms with van der Waals surface area (Å²) in [6.07, 6.45) is 7.26. The molecule has 0 radical (unpaired) electrons. The summed E-state index contributed by atoms with van der Waals surface area (Å²) in [5.74, 6) is 1.15. The fourth-order valence-corrected chi connectivity index (χ4v) is 3.79. The van der Waals surface area contributed by atoms with Crippen molar-refractivity contribution in [3.05, 3.63) is 131 Å². The maximum Gasteiger partial charge on any atom is 0.248 e. The quantitative estimate of drug-likeness (QED) is 0.232. The number of hydrogen-bond donors (Lipinski definition) is 2. The third kappa shape index (κ3) is 8.47. The number of carbonyl (C=O) groups excluding carboxylic acids is 2. The maximum atomic E-state index is 12.3. The second kappa shape index (κ2) is 13.4. The Morgan fingerprint density at radius 2 is 0.923 bits per heavy atom.